The minimum atomic E-state index is -0.241. The Hall–Kier alpha value is -3.36. The second-order valence-corrected chi connectivity index (χ2v) is 7.42. The number of urea groups is 1. The maximum Gasteiger partial charge on any atom is 0.320 e. The summed E-state index contributed by atoms with van der Waals surface area (Å²) in [4.78, 5) is 19.3. The number of anilines is 2. The summed E-state index contributed by atoms with van der Waals surface area (Å²) >= 11 is 0. The molecule has 1 saturated heterocycles. The van der Waals surface area contributed by atoms with E-state index in [1.54, 1.807) is 10.9 Å². The third kappa shape index (κ3) is 4.23. The van der Waals surface area contributed by atoms with E-state index in [-0.39, 0.29) is 12.1 Å². The summed E-state index contributed by atoms with van der Waals surface area (Å²) in [5.74, 6) is 2.33. The smallest absolute Gasteiger partial charge is 0.320 e. The Morgan fingerprint density at radius 2 is 2.00 bits per heavy atom. The second-order valence-electron chi connectivity index (χ2n) is 7.42. The molecule has 3 aromatic heterocycles. The number of amides is 2. The van der Waals surface area contributed by atoms with E-state index in [1.807, 2.05) is 49.8 Å². The minimum Gasteiger partial charge on any atom is -0.355 e. The monoisotopic (exact) mass is 394 g/mol. The molecule has 0 radical (unpaired) electrons. The zero-order valence-corrected chi connectivity index (χ0v) is 17.0. The van der Waals surface area contributed by atoms with Crippen molar-refractivity contribution in [1.82, 2.24) is 29.9 Å². The van der Waals surface area contributed by atoms with Gasteiger partial charge >= 0.3 is 6.03 Å². The molecule has 1 unspecified atom stereocenters. The molecule has 4 heterocycles. The molecule has 0 aromatic carbocycles. The topological polar surface area (TPSA) is 92.9 Å². The van der Waals surface area contributed by atoms with E-state index < -0.39 is 0 Å². The number of aryl methyl sites for hydroxylation is 3. The predicted octanol–water partition coefficient (Wildman–Crippen LogP) is 2.41. The van der Waals surface area contributed by atoms with Gasteiger partial charge in [0.2, 0.25) is 0 Å². The van der Waals surface area contributed by atoms with Gasteiger partial charge in [-0.15, -0.1) is 0 Å². The third-order valence-electron chi connectivity index (χ3n) is 5.00. The van der Waals surface area contributed by atoms with E-state index in [1.165, 1.54) is 0 Å². The van der Waals surface area contributed by atoms with E-state index in [9.17, 15) is 4.79 Å². The quantitative estimate of drug-likeness (QED) is 0.709. The van der Waals surface area contributed by atoms with Crippen molar-refractivity contribution in [3.63, 3.8) is 0 Å². The van der Waals surface area contributed by atoms with Crippen LogP contribution < -0.4 is 15.5 Å². The Morgan fingerprint density at radius 3 is 2.72 bits per heavy atom. The number of hydrogen-bond acceptors (Lipinski definition) is 5. The molecule has 152 valence electrons. The van der Waals surface area contributed by atoms with Gasteiger partial charge in [0, 0.05) is 44.5 Å². The van der Waals surface area contributed by atoms with Crippen molar-refractivity contribution >= 4 is 17.7 Å². The zero-order valence-electron chi connectivity index (χ0n) is 17.0. The van der Waals surface area contributed by atoms with Crippen LogP contribution in [0.5, 0.6) is 0 Å². The van der Waals surface area contributed by atoms with Crippen molar-refractivity contribution in [3.05, 3.63) is 47.9 Å². The first-order chi connectivity index (χ1) is 14.0. The van der Waals surface area contributed by atoms with Crippen LogP contribution in [0.4, 0.5) is 16.4 Å². The summed E-state index contributed by atoms with van der Waals surface area (Å²) in [6.07, 6.45) is 3.66. The van der Waals surface area contributed by atoms with Gasteiger partial charge in [-0.3, -0.25) is 10.00 Å². The lowest BCUT2D eigenvalue weighted by Crippen LogP contribution is -2.49. The molecule has 29 heavy (non-hydrogen) atoms. The molecule has 0 bridgehead atoms. The standard InChI is InChI=1S/C20H26N8O/c1-14-11-18(28(25-14)17-8-4-5-9-21-17)23-20(29)22-16-7-6-10-27(13-16)19-12-15(2)24-26(19)3/h4-5,8-9,11-12,16H,6-7,10,13H2,1-3H3,(H2,22,23,29). The number of rotatable bonds is 4. The molecule has 9 nitrogen and oxygen atoms in total. The van der Waals surface area contributed by atoms with Gasteiger partial charge in [0.1, 0.15) is 11.6 Å². The molecule has 0 aliphatic carbocycles. The second kappa shape index (κ2) is 7.94. The van der Waals surface area contributed by atoms with Crippen LogP contribution in [0, 0.1) is 13.8 Å². The highest BCUT2D eigenvalue weighted by Gasteiger charge is 2.24. The molecule has 4 rings (SSSR count). The Balaban J connectivity index is 1.42. The molecular formula is C20H26N8O. The van der Waals surface area contributed by atoms with Crippen LogP contribution >= 0.6 is 0 Å². The van der Waals surface area contributed by atoms with Gasteiger partial charge in [0.15, 0.2) is 5.82 Å². The zero-order chi connectivity index (χ0) is 20.4. The van der Waals surface area contributed by atoms with Crippen molar-refractivity contribution in [1.29, 1.82) is 0 Å². The Bertz CT molecular complexity index is 993. The number of carbonyl (C=O) groups is 1. The van der Waals surface area contributed by atoms with Gasteiger partial charge < -0.3 is 10.2 Å². The Kier molecular flexibility index (Phi) is 5.20. The first kappa shape index (κ1) is 19.0. The predicted molar refractivity (Wildman–Crippen MR) is 111 cm³/mol. The van der Waals surface area contributed by atoms with E-state index >= 15 is 0 Å². The largest absolute Gasteiger partial charge is 0.355 e. The van der Waals surface area contributed by atoms with E-state index in [4.69, 9.17) is 0 Å². The summed E-state index contributed by atoms with van der Waals surface area (Å²) in [6, 6.07) is 9.32. The summed E-state index contributed by atoms with van der Waals surface area (Å²) < 4.78 is 3.53. The van der Waals surface area contributed by atoms with Crippen LogP contribution in [-0.2, 0) is 7.05 Å². The van der Waals surface area contributed by atoms with Crippen LogP contribution in [0.15, 0.2) is 36.5 Å². The van der Waals surface area contributed by atoms with Crippen molar-refractivity contribution in [3.8, 4) is 5.82 Å². The number of nitrogens with zero attached hydrogens (tertiary/aromatic N) is 6. The summed E-state index contributed by atoms with van der Waals surface area (Å²) in [5, 5.41) is 14.9. The fourth-order valence-corrected chi connectivity index (χ4v) is 3.78. The van der Waals surface area contributed by atoms with Crippen molar-refractivity contribution in [2.75, 3.05) is 23.3 Å². The van der Waals surface area contributed by atoms with E-state index in [2.05, 4.69) is 36.8 Å². The molecule has 0 spiro atoms. The Morgan fingerprint density at radius 1 is 1.17 bits per heavy atom. The molecule has 2 amide bonds. The molecule has 2 N–H and O–H groups in total. The van der Waals surface area contributed by atoms with Crippen LogP contribution in [0.2, 0.25) is 0 Å². The molecule has 1 atom stereocenters. The highest BCUT2D eigenvalue weighted by Crippen LogP contribution is 2.21. The first-order valence-electron chi connectivity index (χ1n) is 9.81. The van der Waals surface area contributed by atoms with Crippen LogP contribution in [0.3, 0.4) is 0 Å². The average Bonchev–Trinajstić information content (AvgIpc) is 3.23. The van der Waals surface area contributed by atoms with Crippen LogP contribution in [0.25, 0.3) is 5.82 Å². The molecule has 1 aliphatic heterocycles. The number of nitrogens with one attached hydrogen (secondary N) is 2. The lowest BCUT2D eigenvalue weighted by Gasteiger charge is -2.34. The lowest BCUT2D eigenvalue weighted by molar-refractivity contribution is 0.246. The van der Waals surface area contributed by atoms with Crippen LogP contribution in [-0.4, -0.2) is 49.7 Å². The number of pyridine rings is 1. The number of aromatic nitrogens is 5. The lowest BCUT2D eigenvalue weighted by atomic mass is 10.1. The molecular weight excluding hydrogens is 368 g/mol. The maximum absolute atomic E-state index is 12.7. The molecule has 1 fully saturated rings. The van der Waals surface area contributed by atoms with Gasteiger partial charge in [-0.1, -0.05) is 6.07 Å². The van der Waals surface area contributed by atoms with E-state index in [0.29, 0.717) is 11.6 Å². The van der Waals surface area contributed by atoms with Crippen molar-refractivity contribution in [2.24, 2.45) is 7.05 Å². The summed E-state index contributed by atoms with van der Waals surface area (Å²) in [5.41, 5.74) is 1.80. The third-order valence-corrected chi connectivity index (χ3v) is 5.00. The van der Waals surface area contributed by atoms with Crippen molar-refractivity contribution < 1.29 is 4.79 Å². The fourth-order valence-electron chi connectivity index (χ4n) is 3.78. The summed E-state index contributed by atoms with van der Waals surface area (Å²) in [7, 11) is 1.95. The number of hydrogen-bond donors (Lipinski definition) is 2. The number of carbonyl (C=O) groups excluding carboxylic acids is 1. The normalized spacial score (nSPS) is 16.7. The van der Waals surface area contributed by atoms with Gasteiger partial charge in [0.05, 0.1) is 11.4 Å². The average molecular weight is 394 g/mol. The van der Waals surface area contributed by atoms with Gasteiger partial charge in [-0.25, -0.2) is 9.78 Å². The number of piperidine rings is 1. The van der Waals surface area contributed by atoms with Crippen molar-refractivity contribution in [2.45, 2.75) is 32.7 Å². The molecule has 3 aromatic rings. The van der Waals surface area contributed by atoms with Gasteiger partial charge in [-0.05, 0) is 38.8 Å². The SMILES string of the molecule is Cc1cc(N2CCCC(NC(=O)Nc3cc(C)nn3-c3ccccn3)C2)n(C)n1. The molecule has 1 aliphatic rings. The van der Waals surface area contributed by atoms with Gasteiger partial charge in [0.25, 0.3) is 0 Å². The van der Waals surface area contributed by atoms with E-state index in [0.717, 1.165) is 43.1 Å². The maximum atomic E-state index is 12.7. The first-order valence-corrected chi connectivity index (χ1v) is 9.81. The fraction of sp³-hybridized carbons (Fsp3) is 0.400. The molecule has 9 heteroatoms. The highest BCUT2D eigenvalue weighted by atomic mass is 16.2. The molecule has 0 saturated carbocycles. The van der Waals surface area contributed by atoms with Gasteiger partial charge in [-0.2, -0.15) is 14.9 Å². The highest BCUT2D eigenvalue weighted by molar-refractivity contribution is 5.89. The minimum absolute atomic E-state index is 0.0614. The van der Waals surface area contributed by atoms with Crippen LogP contribution in [0.1, 0.15) is 24.2 Å². The Labute approximate surface area is 169 Å². The summed E-state index contributed by atoms with van der Waals surface area (Å²) in [6.45, 7) is 5.59.